The zero-order valence-electron chi connectivity index (χ0n) is 10.9. The molecule has 1 amide bonds. The minimum absolute atomic E-state index is 0.00564. The lowest BCUT2D eigenvalue weighted by molar-refractivity contribution is -0.123. The molecule has 0 aliphatic heterocycles. The summed E-state index contributed by atoms with van der Waals surface area (Å²) in [4.78, 5) is 18.5. The summed E-state index contributed by atoms with van der Waals surface area (Å²) in [6, 6.07) is 6.90. The van der Waals surface area contributed by atoms with E-state index in [0.29, 0.717) is 17.3 Å². The number of carbonyl (C=O) groups is 1. The Bertz CT molecular complexity index is 526. The lowest BCUT2D eigenvalue weighted by Gasteiger charge is -2.07. The van der Waals surface area contributed by atoms with Crippen molar-refractivity contribution in [1.29, 1.82) is 0 Å². The van der Waals surface area contributed by atoms with Crippen molar-refractivity contribution in [2.24, 2.45) is 0 Å². The molecule has 0 unspecified atom stereocenters. The predicted molar refractivity (Wildman–Crippen MR) is 76.9 cm³/mol. The van der Waals surface area contributed by atoms with Crippen LogP contribution in [0.2, 0.25) is 5.02 Å². The second-order valence-electron chi connectivity index (χ2n) is 4.27. The Balaban J connectivity index is 1.59. The van der Waals surface area contributed by atoms with Crippen LogP contribution < -0.4 is 10.1 Å². The van der Waals surface area contributed by atoms with Gasteiger partial charge in [0.15, 0.2) is 6.61 Å². The third kappa shape index (κ3) is 4.93. The van der Waals surface area contributed by atoms with E-state index in [4.69, 9.17) is 16.3 Å². The molecule has 0 spiro atoms. The Morgan fingerprint density at radius 2 is 2.15 bits per heavy atom. The molecular formula is C14H16ClN3O2. The van der Waals surface area contributed by atoms with Crippen LogP contribution in [0.3, 0.4) is 0 Å². The molecule has 0 radical (unpaired) electrons. The number of aromatic amines is 1. The fourth-order valence-corrected chi connectivity index (χ4v) is 1.78. The van der Waals surface area contributed by atoms with Gasteiger partial charge in [0, 0.05) is 23.5 Å². The first-order valence-electron chi connectivity index (χ1n) is 6.36. The summed E-state index contributed by atoms with van der Waals surface area (Å²) in [6.07, 6.45) is 5.15. The first-order valence-corrected chi connectivity index (χ1v) is 6.74. The van der Waals surface area contributed by atoms with Crippen molar-refractivity contribution >= 4 is 17.5 Å². The van der Waals surface area contributed by atoms with E-state index in [1.54, 1.807) is 36.8 Å². The number of imidazole rings is 1. The topological polar surface area (TPSA) is 67.0 Å². The Morgan fingerprint density at radius 3 is 2.85 bits per heavy atom. The number of nitrogens with zero attached hydrogens (tertiary/aromatic N) is 1. The number of H-pyrrole nitrogens is 1. The van der Waals surface area contributed by atoms with Gasteiger partial charge in [-0.2, -0.15) is 0 Å². The van der Waals surface area contributed by atoms with Crippen molar-refractivity contribution in [3.63, 3.8) is 0 Å². The van der Waals surface area contributed by atoms with Gasteiger partial charge in [-0.25, -0.2) is 4.98 Å². The predicted octanol–water partition coefficient (Wildman–Crippen LogP) is 2.19. The van der Waals surface area contributed by atoms with E-state index in [1.807, 2.05) is 0 Å². The summed E-state index contributed by atoms with van der Waals surface area (Å²) in [7, 11) is 0. The Morgan fingerprint density at radius 1 is 1.35 bits per heavy atom. The molecule has 0 fully saturated rings. The SMILES string of the molecule is O=C(COc1ccc(Cl)cc1)NCCCc1cnc[nH]1. The van der Waals surface area contributed by atoms with Gasteiger partial charge < -0.3 is 15.0 Å². The van der Waals surface area contributed by atoms with Gasteiger partial charge in [-0.15, -0.1) is 0 Å². The highest BCUT2D eigenvalue weighted by Crippen LogP contribution is 2.15. The van der Waals surface area contributed by atoms with Crippen LogP contribution in [0.25, 0.3) is 0 Å². The van der Waals surface area contributed by atoms with Gasteiger partial charge in [0.2, 0.25) is 0 Å². The van der Waals surface area contributed by atoms with Gasteiger partial charge in [0.05, 0.1) is 6.33 Å². The van der Waals surface area contributed by atoms with E-state index in [2.05, 4.69) is 15.3 Å². The molecule has 6 heteroatoms. The summed E-state index contributed by atoms with van der Waals surface area (Å²) in [5.74, 6) is 0.492. The fraction of sp³-hybridized carbons (Fsp3) is 0.286. The Labute approximate surface area is 122 Å². The third-order valence-electron chi connectivity index (χ3n) is 2.68. The van der Waals surface area contributed by atoms with E-state index >= 15 is 0 Å². The average Bonchev–Trinajstić information content (AvgIpc) is 2.96. The molecule has 0 atom stereocenters. The minimum atomic E-state index is -0.135. The maximum Gasteiger partial charge on any atom is 0.257 e. The molecule has 1 heterocycles. The van der Waals surface area contributed by atoms with Crippen LogP contribution in [-0.2, 0) is 11.2 Å². The highest BCUT2D eigenvalue weighted by Gasteiger charge is 2.02. The highest BCUT2D eigenvalue weighted by molar-refractivity contribution is 6.30. The van der Waals surface area contributed by atoms with Crippen molar-refractivity contribution in [2.45, 2.75) is 12.8 Å². The van der Waals surface area contributed by atoms with Gasteiger partial charge >= 0.3 is 0 Å². The van der Waals surface area contributed by atoms with Crippen molar-refractivity contribution in [3.05, 3.63) is 47.5 Å². The van der Waals surface area contributed by atoms with E-state index < -0.39 is 0 Å². The molecule has 1 aromatic heterocycles. The maximum absolute atomic E-state index is 11.6. The molecule has 1 aromatic carbocycles. The van der Waals surface area contributed by atoms with Gasteiger partial charge in [0.25, 0.3) is 5.91 Å². The monoisotopic (exact) mass is 293 g/mol. The average molecular weight is 294 g/mol. The first kappa shape index (κ1) is 14.4. The molecule has 2 aromatic rings. The summed E-state index contributed by atoms with van der Waals surface area (Å²) in [5, 5.41) is 3.44. The fourth-order valence-electron chi connectivity index (χ4n) is 1.66. The molecule has 0 saturated carbocycles. The third-order valence-corrected chi connectivity index (χ3v) is 2.94. The van der Waals surface area contributed by atoms with Crippen molar-refractivity contribution in [3.8, 4) is 5.75 Å². The van der Waals surface area contributed by atoms with E-state index in [0.717, 1.165) is 18.5 Å². The lowest BCUT2D eigenvalue weighted by atomic mass is 10.2. The molecule has 5 nitrogen and oxygen atoms in total. The summed E-state index contributed by atoms with van der Waals surface area (Å²) in [6.45, 7) is 0.619. The quantitative estimate of drug-likeness (QED) is 0.769. The maximum atomic E-state index is 11.6. The molecular weight excluding hydrogens is 278 g/mol. The number of aryl methyl sites for hydroxylation is 1. The van der Waals surface area contributed by atoms with Crippen LogP contribution in [0.4, 0.5) is 0 Å². The molecule has 0 aliphatic carbocycles. The largest absolute Gasteiger partial charge is 0.484 e. The zero-order chi connectivity index (χ0) is 14.2. The molecule has 2 rings (SSSR count). The van der Waals surface area contributed by atoms with E-state index in [-0.39, 0.29) is 12.5 Å². The van der Waals surface area contributed by atoms with Crippen molar-refractivity contribution < 1.29 is 9.53 Å². The summed E-state index contributed by atoms with van der Waals surface area (Å²) < 4.78 is 5.34. The number of nitrogens with one attached hydrogen (secondary N) is 2. The van der Waals surface area contributed by atoms with Crippen LogP contribution >= 0.6 is 11.6 Å². The number of benzene rings is 1. The first-order chi connectivity index (χ1) is 9.74. The molecule has 0 bridgehead atoms. The summed E-state index contributed by atoms with van der Waals surface area (Å²) >= 11 is 5.76. The van der Waals surface area contributed by atoms with E-state index in [9.17, 15) is 4.79 Å². The van der Waals surface area contributed by atoms with E-state index in [1.165, 1.54) is 0 Å². The zero-order valence-corrected chi connectivity index (χ0v) is 11.7. The Hall–Kier alpha value is -2.01. The van der Waals surface area contributed by atoms with Crippen molar-refractivity contribution in [2.75, 3.05) is 13.2 Å². The molecule has 2 N–H and O–H groups in total. The van der Waals surface area contributed by atoms with Crippen LogP contribution in [0.15, 0.2) is 36.8 Å². The molecule has 20 heavy (non-hydrogen) atoms. The lowest BCUT2D eigenvalue weighted by Crippen LogP contribution is -2.29. The second kappa shape index (κ2) is 7.55. The normalized spacial score (nSPS) is 10.2. The van der Waals surface area contributed by atoms with Gasteiger partial charge in [-0.1, -0.05) is 11.6 Å². The number of rotatable bonds is 7. The number of halogens is 1. The molecule has 106 valence electrons. The number of ether oxygens (including phenoxy) is 1. The van der Waals surface area contributed by atoms with Crippen LogP contribution in [0.1, 0.15) is 12.1 Å². The summed E-state index contributed by atoms with van der Waals surface area (Å²) in [5.41, 5.74) is 1.07. The second-order valence-corrected chi connectivity index (χ2v) is 4.71. The highest BCUT2D eigenvalue weighted by atomic mass is 35.5. The number of hydrogen-bond acceptors (Lipinski definition) is 3. The number of amides is 1. The Kier molecular flexibility index (Phi) is 5.43. The van der Waals surface area contributed by atoms with Gasteiger partial charge in [0.1, 0.15) is 5.75 Å². The van der Waals surface area contributed by atoms with Crippen LogP contribution in [0.5, 0.6) is 5.75 Å². The minimum Gasteiger partial charge on any atom is -0.484 e. The smallest absolute Gasteiger partial charge is 0.257 e. The number of aromatic nitrogens is 2. The van der Waals surface area contributed by atoms with Crippen molar-refractivity contribution in [1.82, 2.24) is 15.3 Å². The van der Waals surface area contributed by atoms with Crippen LogP contribution in [0, 0.1) is 0 Å². The van der Waals surface area contributed by atoms with Gasteiger partial charge in [-0.05, 0) is 37.1 Å². The standard InChI is InChI=1S/C14H16ClN3O2/c15-11-3-5-13(6-4-11)20-9-14(19)17-7-1-2-12-8-16-10-18-12/h3-6,8,10H,1-2,7,9H2,(H,16,18)(H,17,19). The molecule has 0 saturated heterocycles. The van der Waals surface area contributed by atoms with Crippen LogP contribution in [-0.4, -0.2) is 29.0 Å². The number of carbonyl (C=O) groups excluding carboxylic acids is 1. The number of hydrogen-bond donors (Lipinski definition) is 2. The molecule has 0 aliphatic rings. The van der Waals surface area contributed by atoms with Gasteiger partial charge in [-0.3, -0.25) is 4.79 Å².